The largest absolute Gasteiger partial charge is 0.287 e. The molecule has 0 saturated carbocycles. The molecule has 1 N–H and O–H groups in total. The van der Waals surface area contributed by atoms with Crippen LogP contribution in [0.5, 0.6) is 0 Å². The number of hydrogen-bond acceptors (Lipinski definition) is 7. The second kappa shape index (κ2) is 8.95. The van der Waals surface area contributed by atoms with Crippen LogP contribution in [-0.4, -0.2) is 15.7 Å². The van der Waals surface area contributed by atoms with Crippen LogP contribution >= 0.6 is 0 Å². The van der Waals surface area contributed by atoms with Crippen LogP contribution in [0.4, 0.5) is 22.7 Å². The van der Waals surface area contributed by atoms with Gasteiger partial charge in [0.15, 0.2) is 0 Å². The van der Waals surface area contributed by atoms with Gasteiger partial charge in [0.2, 0.25) is 5.84 Å². The maximum Gasteiger partial charge on any atom is 0.287 e. The van der Waals surface area contributed by atoms with Crippen molar-refractivity contribution in [3.8, 4) is 0 Å². The predicted molar refractivity (Wildman–Crippen MR) is 107 cm³/mol. The van der Waals surface area contributed by atoms with Crippen LogP contribution in [0, 0.1) is 20.2 Å². The molecule has 0 spiro atoms. The number of azo groups is 1. The Morgan fingerprint density at radius 2 is 1.48 bits per heavy atom. The molecule has 0 aliphatic rings. The highest BCUT2D eigenvalue weighted by molar-refractivity contribution is 6.03. The zero-order valence-electron chi connectivity index (χ0n) is 14.9. The number of nitrogens with zero attached hydrogens (tertiary/aromatic N) is 5. The molecule has 0 atom stereocenters. The van der Waals surface area contributed by atoms with Crippen molar-refractivity contribution < 1.29 is 9.85 Å². The Morgan fingerprint density at radius 1 is 0.828 bits per heavy atom. The highest BCUT2D eigenvalue weighted by atomic mass is 16.6. The van der Waals surface area contributed by atoms with Crippen molar-refractivity contribution in [2.45, 2.75) is 0 Å². The second-order valence-electron chi connectivity index (χ2n) is 5.66. The third-order valence-electron chi connectivity index (χ3n) is 3.71. The van der Waals surface area contributed by atoms with Crippen molar-refractivity contribution in [3.05, 3.63) is 105 Å². The van der Waals surface area contributed by atoms with Gasteiger partial charge in [-0.15, -0.1) is 10.2 Å². The molecule has 0 radical (unpaired) electrons. The minimum absolute atomic E-state index is 0.0105. The van der Waals surface area contributed by atoms with E-state index in [1.54, 1.807) is 48.5 Å². The van der Waals surface area contributed by atoms with Crippen molar-refractivity contribution in [1.29, 1.82) is 0 Å². The van der Waals surface area contributed by atoms with Crippen molar-refractivity contribution in [1.82, 2.24) is 0 Å². The molecule has 0 aromatic heterocycles. The maximum absolute atomic E-state index is 11.5. The topological polar surface area (TPSA) is 135 Å². The van der Waals surface area contributed by atoms with Crippen molar-refractivity contribution in [2.75, 3.05) is 5.43 Å². The monoisotopic (exact) mass is 390 g/mol. The van der Waals surface area contributed by atoms with Gasteiger partial charge in [-0.1, -0.05) is 36.4 Å². The SMILES string of the molecule is O=[N+]([O-])c1ccc(/C(N=Nc2ccccc2)=N/Nc2ccccc2)c([N+](=O)[O-])c1. The first-order chi connectivity index (χ1) is 14.0. The highest BCUT2D eigenvalue weighted by Gasteiger charge is 2.23. The standard InChI is InChI=1S/C19H14N6O4/c26-24(27)16-11-12-17(18(13-16)25(28)29)19(22-20-14-7-3-1-4-8-14)23-21-15-9-5-2-6-10-15/h1-13,20H/b22-19-,23-21?. The van der Waals surface area contributed by atoms with Crippen LogP contribution in [0.2, 0.25) is 0 Å². The molecule has 144 valence electrons. The van der Waals surface area contributed by atoms with Gasteiger partial charge >= 0.3 is 0 Å². The van der Waals surface area contributed by atoms with Gasteiger partial charge in [-0.2, -0.15) is 5.10 Å². The number of nitro benzene ring substituents is 2. The van der Waals surface area contributed by atoms with Crippen LogP contribution in [0.3, 0.4) is 0 Å². The lowest BCUT2D eigenvalue weighted by molar-refractivity contribution is -0.394. The molecule has 0 aliphatic carbocycles. The molecule has 3 rings (SSSR count). The van der Waals surface area contributed by atoms with Crippen LogP contribution < -0.4 is 5.43 Å². The summed E-state index contributed by atoms with van der Waals surface area (Å²) < 4.78 is 0. The minimum atomic E-state index is -0.724. The quantitative estimate of drug-likeness (QED) is 0.206. The van der Waals surface area contributed by atoms with Gasteiger partial charge < -0.3 is 0 Å². The van der Waals surface area contributed by atoms with Crippen LogP contribution in [-0.2, 0) is 0 Å². The summed E-state index contributed by atoms with van der Waals surface area (Å²) in [5.74, 6) is -0.0979. The van der Waals surface area contributed by atoms with Crippen molar-refractivity contribution in [2.24, 2.45) is 15.3 Å². The van der Waals surface area contributed by atoms with Crippen LogP contribution in [0.25, 0.3) is 0 Å². The van der Waals surface area contributed by atoms with E-state index in [2.05, 4.69) is 20.8 Å². The number of hydrogen-bond donors (Lipinski definition) is 1. The molecule has 10 heteroatoms. The molecule has 0 aliphatic heterocycles. The van der Waals surface area contributed by atoms with E-state index in [0.29, 0.717) is 11.4 Å². The van der Waals surface area contributed by atoms with Crippen molar-refractivity contribution in [3.63, 3.8) is 0 Å². The molecule has 3 aromatic carbocycles. The first kappa shape index (κ1) is 19.3. The third kappa shape index (κ3) is 5.04. The molecule has 0 saturated heterocycles. The molecule has 0 amide bonds. The fourth-order valence-corrected chi connectivity index (χ4v) is 2.34. The summed E-state index contributed by atoms with van der Waals surface area (Å²) in [5.41, 5.74) is 2.99. The van der Waals surface area contributed by atoms with E-state index in [9.17, 15) is 20.2 Å². The summed E-state index contributed by atoms with van der Waals surface area (Å²) in [5, 5.41) is 34.7. The zero-order valence-corrected chi connectivity index (χ0v) is 14.9. The second-order valence-corrected chi connectivity index (χ2v) is 5.66. The molecular weight excluding hydrogens is 376 g/mol. The van der Waals surface area contributed by atoms with Gasteiger partial charge in [-0.25, -0.2) is 0 Å². The van der Waals surface area contributed by atoms with Gasteiger partial charge in [0.1, 0.15) is 5.56 Å². The van der Waals surface area contributed by atoms with Gasteiger partial charge in [0, 0.05) is 6.07 Å². The van der Waals surface area contributed by atoms with E-state index >= 15 is 0 Å². The highest BCUT2D eigenvalue weighted by Crippen LogP contribution is 2.26. The Kier molecular flexibility index (Phi) is 5.96. The fraction of sp³-hybridized carbons (Fsp3) is 0. The summed E-state index contributed by atoms with van der Waals surface area (Å²) in [6, 6.07) is 20.9. The smallest absolute Gasteiger partial charge is 0.276 e. The molecular formula is C19H14N6O4. The van der Waals surface area contributed by atoms with E-state index in [-0.39, 0.29) is 11.4 Å². The molecule has 10 nitrogen and oxygen atoms in total. The maximum atomic E-state index is 11.5. The zero-order chi connectivity index (χ0) is 20.6. The summed E-state index contributed by atoms with van der Waals surface area (Å²) in [7, 11) is 0. The lowest BCUT2D eigenvalue weighted by atomic mass is 10.1. The number of hydrazone groups is 1. The third-order valence-corrected chi connectivity index (χ3v) is 3.71. The number of para-hydroxylation sites is 1. The molecule has 0 fully saturated rings. The van der Waals surface area contributed by atoms with E-state index in [4.69, 9.17) is 0 Å². The molecule has 0 heterocycles. The number of rotatable bonds is 6. The van der Waals surface area contributed by atoms with Gasteiger partial charge in [0.05, 0.1) is 27.3 Å². The average molecular weight is 390 g/mol. The molecule has 29 heavy (non-hydrogen) atoms. The van der Waals surface area contributed by atoms with Gasteiger partial charge in [-0.05, 0) is 30.3 Å². The number of anilines is 1. The molecule has 0 bridgehead atoms. The van der Waals surface area contributed by atoms with Crippen LogP contribution in [0.15, 0.2) is 94.2 Å². The Morgan fingerprint density at radius 3 is 2.10 bits per heavy atom. The van der Waals surface area contributed by atoms with Gasteiger partial charge in [0.25, 0.3) is 11.4 Å². The molecule has 3 aromatic rings. The summed E-state index contributed by atoms with van der Waals surface area (Å²) in [6.07, 6.45) is 0. The minimum Gasteiger partial charge on any atom is -0.276 e. The fourth-order valence-electron chi connectivity index (χ4n) is 2.34. The Labute approximate surface area is 164 Å². The Bertz CT molecular complexity index is 1080. The number of benzene rings is 3. The molecule has 0 unspecified atom stereocenters. The number of nitrogens with one attached hydrogen (secondary N) is 1. The first-order valence-corrected chi connectivity index (χ1v) is 8.33. The van der Waals surface area contributed by atoms with E-state index in [1.165, 1.54) is 6.07 Å². The van der Waals surface area contributed by atoms with Gasteiger partial charge in [-0.3, -0.25) is 25.7 Å². The normalized spacial score (nSPS) is 11.4. The summed E-state index contributed by atoms with van der Waals surface area (Å²) in [6.45, 7) is 0. The number of amidine groups is 1. The Balaban J connectivity index is 2.05. The summed E-state index contributed by atoms with van der Waals surface area (Å²) >= 11 is 0. The first-order valence-electron chi connectivity index (χ1n) is 8.33. The lowest BCUT2D eigenvalue weighted by Crippen LogP contribution is -2.06. The van der Waals surface area contributed by atoms with Crippen molar-refractivity contribution >= 4 is 28.6 Å². The van der Waals surface area contributed by atoms with E-state index < -0.39 is 21.2 Å². The summed E-state index contributed by atoms with van der Waals surface area (Å²) in [4.78, 5) is 21.0. The number of non-ortho nitro benzene ring substituents is 1. The Hall–Kier alpha value is -4.47. The lowest BCUT2D eigenvalue weighted by Gasteiger charge is -2.04. The van der Waals surface area contributed by atoms with E-state index in [1.807, 2.05) is 12.1 Å². The predicted octanol–water partition coefficient (Wildman–Crippen LogP) is 5.06. The van der Waals surface area contributed by atoms with E-state index in [0.717, 1.165) is 12.1 Å². The number of nitro groups is 2. The van der Waals surface area contributed by atoms with Crippen LogP contribution in [0.1, 0.15) is 5.56 Å². The average Bonchev–Trinajstić information content (AvgIpc) is 2.75.